The van der Waals surface area contributed by atoms with Gasteiger partial charge in [0.1, 0.15) is 16.7 Å². The minimum atomic E-state index is 0.427. The highest BCUT2D eigenvalue weighted by Crippen LogP contribution is 2.48. The predicted molar refractivity (Wildman–Crippen MR) is 108 cm³/mol. The van der Waals surface area contributed by atoms with Gasteiger partial charge in [-0.15, -0.1) is 22.7 Å². The van der Waals surface area contributed by atoms with Crippen molar-refractivity contribution in [2.45, 2.75) is 13.8 Å². The van der Waals surface area contributed by atoms with Gasteiger partial charge in [0.05, 0.1) is 17.4 Å². The quantitative estimate of drug-likeness (QED) is 0.405. The Hall–Kier alpha value is -1.61. The Bertz CT molecular complexity index is 1210. The summed E-state index contributed by atoms with van der Waals surface area (Å²) in [6, 6.07) is 0. The number of thiol groups is 1. The van der Waals surface area contributed by atoms with E-state index in [4.69, 9.17) is 5.41 Å². The van der Waals surface area contributed by atoms with E-state index in [-0.39, 0.29) is 0 Å². The van der Waals surface area contributed by atoms with Gasteiger partial charge in [-0.05, 0) is 48.5 Å². The fourth-order valence-electron chi connectivity index (χ4n) is 3.40. The number of nitrogens with one attached hydrogen (secondary N) is 1. The van der Waals surface area contributed by atoms with Crippen LogP contribution < -0.4 is 0 Å². The Kier molecular flexibility index (Phi) is 3.03. The number of benzene rings is 1. The van der Waals surface area contributed by atoms with Gasteiger partial charge in [0.2, 0.25) is 0 Å². The van der Waals surface area contributed by atoms with Gasteiger partial charge in [-0.3, -0.25) is 5.41 Å². The lowest BCUT2D eigenvalue weighted by Gasteiger charge is -2.21. The summed E-state index contributed by atoms with van der Waals surface area (Å²) in [7, 11) is 0. The molecule has 0 bridgehead atoms. The van der Waals surface area contributed by atoms with Crippen molar-refractivity contribution in [3.8, 4) is 10.4 Å². The lowest BCUT2D eigenvalue weighted by Crippen LogP contribution is -2.22. The molecular formula is C16H10N4S4. The van der Waals surface area contributed by atoms with Crippen LogP contribution >= 0.6 is 47.2 Å². The highest BCUT2D eigenvalue weighted by molar-refractivity contribution is 7.79. The van der Waals surface area contributed by atoms with E-state index in [0.717, 1.165) is 48.3 Å². The van der Waals surface area contributed by atoms with Gasteiger partial charge >= 0.3 is 0 Å². The van der Waals surface area contributed by atoms with Crippen LogP contribution in [0, 0.1) is 19.3 Å². The molecule has 0 aliphatic heterocycles. The Morgan fingerprint density at radius 3 is 2.54 bits per heavy atom. The second-order valence-corrected chi connectivity index (χ2v) is 8.27. The Balaban J connectivity index is 2.11. The van der Waals surface area contributed by atoms with Crippen molar-refractivity contribution < 1.29 is 0 Å². The summed E-state index contributed by atoms with van der Waals surface area (Å²) in [6.07, 6.45) is 0. The van der Waals surface area contributed by atoms with Crippen molar-refractivity contribution in [3.63, 3.8) is 0 Å². The molecule has 1 aliphatic rings. The van der Waals surface area contributed by atoms with E-state index in [1.54, 1.807) is 22.7 Å². The van der Waals surface area contributed by atoms with Gasteiger partial charge in [0, 0.05) is 31.7 Å². The minimum Gasteiger partial charge on any atom is -0.298 e. The van der Waals surface area contributed by atoms with Gasteiger partial charge in [0.25, 0.3) is 0 Å². The molecule has 3 heterocycles. The van der Waals surface area contributed by atoms with Crippen LogP contribution in [0.5, 0.6) is 0 Å². The number of thiophene rings is 2. The molecule has 4 nitrogen and oxygen atoms in total. The lowest BCUT2D eigenvalue weighted by atomic mass is 9.85. The van der Waals surface area contributed by atoms with Gasteiger partial charge in [0.15, 0.2) is 0 Å². The molecule has 0 atom stereocenters. The molecular weight excluding hydrogens is 376 g/mol. The molecule has 1 N–H and O–H groups in total. The van der Waals surface area contributed by atoms with Crippen molar-refractivity contribution >= 4 is 79.8 Å². The third-order valence-electron chi connectivity index (χ3n) is 4.44. The molecule has 8 heteroatoms. The molecule has 4 aromatic rings. The van der Waals surface area contributed by atoms with Crippen LogP contribution in [0.1, 0.15) is 22.3 Å². The zero-order valence-corrected chi connectivity index (χ0v) is 16.0. The largest absolute Gasteiger partial charge is 0.298 e. The number of aryl methyl sites for hydroxylation is 2. The van der Waals surface area contributed by atoms with Crippen LogP contribution in [0.3, 0.4) is 0 Å². The maximum atomic E-state index is 8.80. The van der Waals surface area contributed by atoms with Gasteiger partial charge in [-0.1, -0.05) is 0 Å². The number of fused-ring (bicyclic) bond motifs is 8. The summed E-state index contributed by atoms with van der Waals surface area (Å²) < 4.78 is 14.4. The maximum Gasteiger partial charge on any atom is 0.114 e. The molecule has 0 spiro atoms. The number of nitrogens with zero attached hydrogens (tertiary/aromatic N) is 3. The summed E-state index contributed by atoms with van der Waals surface area (Å²) in [6.45, 7) is 4.14. The van der Waals surface area contributed by atoms with E-state index in [2.05, 4.69) is 50.6 Å². The molecule has 0 saturated carbocycles. The van der Waals surface area contributed by atoms with E-state index in [1.165, 1.54) is 17.3 Å². The number of hydrogen-bond donors (Lipinski definition) is 2. The molecule has 5 rings (SSSR count). The first-order valence-corrected chi connectivity index (χ1v) is 10.1. The third-order valence-corrected chi connectivity index (χ3v) is 7.40. The smallest absolute Gasteiger partial charge is 0.114 e. The molecule has 0 unspecified atom stereocenters. The van der Waals surface area contributed by atoms with Crippen LogP contribution in [0.15, 0.2) is 15.2 Å². The predicted octanol–water partition coefficient (Wildman–Crippen LogP) is 5.27. The summed E-state index contributed by atoms with van der Waals surface area (Å²) >= 11 is 8.73. The van der Waals surface area contributed by atoms with E-state index in [0.29, 0.717) is 11.4 Å². The highest BCUT2D eigenvalue weighted by Gasteiger charge is 2.34. The summed E-state index contributed by atoms with van der Waals surface area (Å²) in [5.74, 6) is 0. The second-order valence-electron chi connectivity index (χ2n) is 5.78. The van der Waals surface area contributed by atoms with E-state index >= 15 is 0 Å². The van der Waals surface area contributed by atoms with Crippen LogP contribution in [0.25, 0.3) is 31.6 Å². The van der Waals surface area contributed by atoms with E-state index in [1.807, 2.05) is 0 Å². The van der Waals surface area contributed by atoms with Crippen LogP contribution in [-0.2, 0) is 0 Å². The average Bonchev–Trinajstić information content (AvgIpc) is 3.27. The molecule has 1 aliphatic carbocycles. The number of rotatable bonds is 0. The molecule has 3 aromatic heterocycles. The molecule has 0 fully saturated rings. The fraction of sp³-hybridized carbons (Fsp3) is 0.125. The molecule has 0 amide bonds. The van der Waals surface area contributed by atoms with Crippen molar-refractivity contribution in [3.05, 3.63) is 33.0 Å². The molecule has 0 saturated heterocycles. The first-order valence-electron chi connectivity index (χ1n) is 7.19. The average molecular weight is 387 g/mol. The Morgan fingerprint density at radius 1 is 1.00 bits per heavy atom. The normalized spacial score (nSPS) is 15.5. The van der Waals surface area contributed by atoms with Gasteiger partial charge in [-0.2, -0.15) is 8.75 Å². The van der Waals surface area contributed by atoms with Crippen LogP contribution in [0.2, 0.25) is 0 Å². The van der Waals surface area contributed by atoms with Crippen LogP contribution in [-0.4, -0.2) is 20.2 Å². The zero-order valence-electron chi connectivity index (χ0n) is 12.7. The summed E-state index contributed by atoms with van der Waals surface area (Å²) in [4.78, 5) is 1.12. The number of hydrogen-bond acceptors (Lipinski definition) is 8. The summed E-state index contributed by atoms with van der Waals surface area (Å²) in [5.41, 5.74) is 8.19. The van der Waals surface area contributed by atoms with Crippen LogP contribution in [0.4, 0.5) is 0 Å². The van der Waals surface area contributed by atoms with E-state index < -0.39 is 0 Å². The molecule has 0 radical (unpaired) electrons. The van der Waals surface area contributed by atoms with Crippen molar-refractivity contribution in [1.29, 1.82) is 5.41 Å². The first-order chi connectivity index (χ1) is 11.6. The Morgan fingerprint density at radius 2 is 1.75 bits per heavy atom. The Labute approximate surface area is 155 Å². The second kappa shape index (κ2) is 4.95. The maximum absolute atomic E-state index is 8.80. The minimum absolute atomic E-state index is 0.427. The fourth-order valence-corrected chi connectivity index (χ4v) is 6.37. The SMILES string of the molecule is Cc1csc2c1/C(=N/S)C(=N)c1c-2c2nsnc2c2c(C)csc12. The number of aromatic nitrogens is 2. The standard InChI is InChI=1S/C16H10N4S4/c1-5-3-23-16-7(5)12(18-21)11(17)9-10(16)14-13(19-24-20-14)8-6(2)4-22-15(8)9/h3-4,17,21H,1-2H3/b17-11?,18-12-. The van der Waals surface area contributed by atoms with Crippen molar-refractivity contribution in [1.82, 2.24) is 8.75 Å². The van der Waals surface area contributed by atoms with E-state index in [9.17, 15) is 0 Å². The molecule has 24 heavy (non-hydrogen) atoms. The van der Waals surface area contributed by atoms with Crippen molar-refractivity contribution in [2.24, 2.45) is 4.40 Å². The third kappa shape index (κ3) is 1.64. The lowest BCUT2D eigenvalue weighted by molar-refractivity contribution is 1.47. The van der Waals surface area contributed by atoms with Gasteiger partial charge in [-0.25, -0.2) is 4.40 Å². The van der Waals surface area contributed by atoms with Crippen molar-refractivity contribution in [2.75, 3.05) is 0 Å². The molecule has 1 aromatic carbocycles. The topological polar surface area (TPSA) is 62.0 Å². The summed E-state index contributed by atoms with van der Waals surface area (Å²) in [5, 5.41) is 14.2. The molecule has 118 valence electrons. The van der Waals surface area contributed by atoms with Gasteiger partial charge < -0.3 is 0 Å². The first kappa shape index (κ1) is 14.7. The monoisotopic (exact) mass is 386 g/mol. The highest BCUT2D eigenvalue weighted by atomic mass is 32.1. The zero-order chi connectivity index (χ0) is 16.6.